The summed E-state index contributed by atoms with van der Waals surface area (Å²) in [4.78, 5) is 14.1. The van der Waals surface area contributed by atoms with Crippen molar-refractivity contribution in [1.29, 1.82) is 0 Å². The molecule has 1 fully saturated rings. The fraction of sp³-hybridized carbons (Fsp3) is 0.533. The molecule has 4 heteroatoms. The summed E-state index contributed by atoms with van der Waals surface area (Å²) in [5, 5.41) is 12.7. The van der Waals surface area contributed by atoms with Crippen LogP contribution in [0.2, 0.25) is 0 Å². The zero-order valence-electron chi connectivity index (χ0n) is 11.4. The van der Waals surface area contributed by atoms with Crippen molar-refractivity contribution in [3.63, 3.8) is 0 Å². The van der Waals surface area contributed by atoms with E-state index < -0.39 is 0 Å². The number of likely N-dealkylation sites (tertiary alicyclic amines) is 1. The van der Waals surface area contributed by atoms with Crippen molar-refractivity contribution in [3.05, 3.63) is 30.3 Å². The third-order valence-corrected chi connectivity index (χ3v) is 3.73. The summed E-state index contributed by atoms with van der Waals surface area (Å²) in [5.74, 6) is 0.302. The average molecular weight is 262 g/mol. The van der Waals surface area contributed by atoms with Gasteiger partial charge in [-0.3, -0.25) is 9.69 Å². The van der Waals surface area contributed by atoms with E-state index in [2.05, 4.69) is 17.1 Å². The summed E-state index contributed by atoms with van der Waals surface area (Å²) in [7, 11) is 0. The molecule has 2 atom stereocenters. The zero-order chi connectivity index (χ0) is 13.7. The lowest BCUT2D eigenvalue weighted by atomic mass is 9.92. The molecular weight excluding hydrogens is 240 g/mol. The van der Waals surface area contributed by atoms with Gasteiger partial charge in [0.25, 0.3) is 0 Å². The lowest BCUT2D eigenvalue weighted by molar-refractivity contribution is -0.118. The topological polar surface area (TPSA) is 52.6 Å². The van der Waals surface area contributed by atoms with Crippen LogP contribution >= 0.6 is 0 Å². The molecule has 1 aliphatic rings. The highest BCUT2D eigenvalue weighted by Gasteiger charge is 2.27. The number of hydrogen-bond acceptors (Lipinski definition) is 3. The summed E-state index contributed by atoms with van der Waals surface area (Å²) in [6.07, 6.45) is 1.51. The van der Waals surface area contributed by atoms with Gasteiger partial charge in [0.1, 0.15) is 0 Å². The number of nitrogens with zero attached hydrogens (tertiary/aromatic N) is 1. The van der Waals surface area contributed by atoms with Gasteiger partial charge in [-0.2, -0.15) is 0 Å². The minimum Gasteiger partial charge on any atom is -0.393 e. The number of rotatable bonds is 4. The predicted molar refractivity (Wildman–Crippen MR) is 75.9 cm³/mol. The van der Waals surface area contributed by atoms with E-state index in [-0.39, 0.29) is 12.0 Å². The van der Waals surface area contributed by atoms with Crippen LogP contribution in [0.15, 0.2) is 30.3 Å². The van der Waals surface area contributed by atoms with Crippen LogP contribution in [0.25, 0.3) is 0 Å². The Kier molecular flexibility index (Phi) is 4.93. The van der Waals surface area contributed by atoms with Gasteiger partial charge < -0.3 is 10.4 Å². The number of nitrogens with one attached hydrogen (secondary N) is 1. The van der Waals surface area contributed by atoms with Crippen LogP contribution in [0.4, 0.5) is 5.69 Å². The molecule has 1 saturated heterocycles. The minimum atomic E-state index is -0.210. The fourth-order valence-electron chi connectivity index (χ4n) is 2.57. The highest BCUT2D eigenvalue weighted by atomic mass is 16.3. The lowest BCUT2D eigenvalue weighted by Gasteiger charge is -2.35. The normalized spacial score (nSPS) is 24.1. The first-order valence-corrected chi connectivity index (χ1v) is 6.94. The first-order chi connectivity index (χ1) is 9.19. The molecule has 4 nitrogen and oxygen atoms in total. The molecule has 2 N–H and O–H groups in total. The van der Waals surface area contributed by atoms with Crippen LogP contribution < -0.4 is 5.32 Å². The second-order valence-electron chi connectivity index (χ2n) is 5.17. The third-order valence-electron chi connectivity index (χ3n) is 3.73. The monoisotopic (exact) mass is 262 g/mol. The molecule has 1 aromatic carbocycles. The van der Waals surface area contributed by atoms with Gasteiger partial charge in [-0.15, -0.1) is 0 Å². The first-order valence-electron chi connectivity index (χ1n) is 6.94. The molecule has 0 aromatic heterocycles. The summed E-state index contributed by atoms with van der Waals surface area (Å²) in [5.41, 5.74) is 0.830. The Balaban J connectivity index is 1.82. The van der Waals surface area contributed by atoms with Crippen LogP contribution in [0, 0.1) is 5.92 Å². The van der Waals surface area contributed by atoms with E-state index in [1.807, 2.05) is 30.3 Å². The summed E-state index contributed by atoms with van der Waals surface area (Å²) in [6.45, 7) is 4.08. The molecule has 0 saturated carbocycles. The number of hydrogen-bond donors (Lipinski definition) is 2. The van der Waals surface area contributed by atoms with Gasteiger partial charge in [0.15, 0.2) is 0 Å². The largest absolute Gasteiger partial charge is 0.393 e. The Morgan fingerprint density at radius 1 is 1.42 bits per heavy atom. The molecule has 19 heavy (non-hydrogen) atoms. The van der Waals surface area contributed by atoms with Crippen LogP contribution in [-0.4, -0.2) is 41.7 Å². The van der Waals surface area contributed by atoms with Gasteiger partial charge in [-0.1, -0.05) is 25.1 Å². The third kappa shape index (κ3) is 4.04. The zero-order valence-corrected chi connectivity index (χ0v) is 11.4. The SMILES string of the molecule is CCC1CN(CC(=O)Nc2ccccc2)CCC1O. The van der Waals surface area contributed by atoms with Gasteiger partial charge in [0.2, 0.25) is 5.91 Å². The molecule has 1 aromatic rings. The standard InChI is InChI=1S/C15H22N2O2/c1-2-12-10-17(9-8-14(12)18)11-15(19)16-13-6-4-3-5-7-13/h3-7,12,14,18H,2,8-11H2,1H3,(H,16,19). The second-order valence-corrected chi connectivity index (χ2v) is 5.17. The quantitative estimate of drug-likeness (QED) is 0.868. The molecule has 104 valence electrons. The highest BCUT2D eigenvalue weighted by molar-refractivity contribution is 5.92. The molecule has 2 rings (SSSR count). The van der Waals surface area contributed by atoms with Crippen molar-refractivity contribution >= 4 is 11.6 Å². The average Bonchev–Trinajstić information content (AvgIpc) is 2.42. The molecule has 0 spiro atoms. The predicted octanol–water partition coefficient (Wildman–Crippen LogP) is 1.72. The number of para-hydroxylation sites is 1. The Bertz CT molecular complexity index is 408. The van der Waals surface area contributed by atoms with Gasteiger partial charge in [-0.05, 0) is 30.9 Å². The molecule has 1 amide bonds. The second kappa shape index (κ2) is 6.68. The number of anilines is 1. The number of amides is 1. The van der Waals surface area contributed by atoms with E-state index in [4.69, 9.17) is 0 Å². The van der Waals surface area contributed by atoms with Gasteiger partial charge in [0.05, 0.1) is 12.6 Å². The van der Waals surface area contributed by atoms with Crippen LogP contribution in [-0.2, 0) is 4.79 Å². The van der Waals surface area contributed by atoms with Crippen molar-refractivity contribution in [1.82, 2.24) is 4.90 Å². The Morgan fingerprint density at radius 3 is 2.84 bits per heavy atom. The molecule has 1 heterocycles. The van der Waals surface area contributed by atoms with E-state index in [9.17, 15) is 9.90 Å². The van der Waals surface area contributed by atoms with E-state index in [1.54, 1.807) is 0 Å². The number of aliphatic hydroxyl groups excluding tert-OH is 1. The van der Waals surface area contributed by atoms with Crippen molar-refractivity contribution in [2.45, 2.75) is 25.9 Å². The van der Waals surface area contributed by atoms with Gasteiger partial charge >= 0.3 is 0 Å². The van der Waals surface area contributed by atoms with Gasteiger partial charge in [-0.25, -0.2) is 0 Å². The Hall–Kier alpha value is -1.39. The molecule has 0 aliphatic carbocycles. The van der Waals surface area contributed by atoms with Crippen LogP contribution in [0.1, 0.15) is 19.8 Å². The number of aliphatic hydroxyl groups is 1. The Morgan fingerprint density at radius 2 is 2.16 bits per heavy atom. The van der Waals surface area contributed by atoms with E-state index in [0.717, 1.165) is 31.6 Å². The van der Waals surface area contributed by atoms with Crippen LogP contribution in [0.5, 0.6) is 0 Å². The maximum absolute atomic E-state index is 11.9. The van der Waals surface area contributed by atoms with Crippen molar-refractivity contribution in [2.75, 3.05) is 25.0 Å². The molecule has 1 aliphatic heterocycles. The minimum absolute atomic E-state index is 0.0115. The summed E-state index contributed by atoms with van der Waals surface area (Å²) in [6, 6.07) is 9.49. The number of carbonyl (C=O) groups is 1. The summed E-state index contributed by atoms with van der Waals surface area (Å²) < 4.78 is 0. The highest BCUT2D eigenvalue weighted by Crippen LogP contribution is 2.19. The smallest absolute Gasteiger partial charge is 0.238 e. The molecule has 0 radical (unpaired) electrons. The number of benzene rings is 1. The molecule has 2 unspecified atom stereocenters. The van der Waals surface area contributed by atoms with Crippen molar-refractivity contribution in [3.8, 4) is 0 Å². The lowest BCUT2D eigenvalue weighted by Crippen LogP contribution is -2.45. The van der Waals surface area contributed by atoms with Crippen molar-refractivity contribution < 1.29 is 9.90 Å². The molecular formula is C15H22N2O2. The number of piperidine rings is 1. The molecule has 0 bridgehead atoms. The maximum Gasteiger partial charge on any atom is 0.238 e. The van der Waals surface area contributed by atoms with Crippen molar-refractivity contribution in [2.24, 2.45) is 5.92 Å². The van der Waals surface area contributed by atoms with E-state index in [0.29, 0.717) is 12.5 Å². The van der Waals surface area contributed by atoms with Gasteiger partial charge in [0, 0.05) is 18.8 Å². The number of carbonyl (C=O) groups excluding carboxylic acids is 1. The van der Waals surface area contributed by atoms with Crippen LogP contribution in [0.3, 0.4) is 0 Å². The van der Waals surface area contributed by atoms with E-state index in [1.165, 1.54) is 0 Å². The Labute approximate surface area is 114 Å². The first kappa shape index (κ1) is 14.0. The van der Waals surface area contributed by atoms with E-state index >= 15 is 0 Å². The summed E-state index contributed by atoms with van der Waals surface area (Å²) >= 11 is 0. The fourth-order valence-corrected chi connectivity index (χ4v) is 2.57. The maximum atomic E-state index is 11.9.